The molecule has 5 atom stereocenters. The van der Waals surface area contributed by atoms with Crippen LogP contribution in [0.1, 0.15) is 53.9 Å². The maximum Gasteiger partial charge on any atom is 0.419 e. The predicted octanol–water partition coefficient (Wildman–Crippen LogP) is 2.44. The number of ether oxygens (including phenoxy) is 6. The van der Waals surface area contributed by atoms with Crippen LogP contribution >= 0.6 is 0 Å². The molecule has 0 bridgehead atoms. The van der Waals surface area contributed by atoms with Crippen LogP contribution in [-0.4, -0.2) is 65.4 Å². The van der Waals surface area contributed by atoms with Crippen molar-refractivity contribution in [2.75, 3.05) is 13.2 Å². The molecule has 30 heavy (non-hydrogen) atoms. The van der Waals surface area contributed by atoms with Gasteiger partial charge in [-0.05, 0) is 53.9 Å². The molecule has 0 aromatic carbocycles. The summed E-state index contributed by atoms with van der Waals surface area (Å²) in [6.07, 6.45) is 1.97. The van der Waals surface area contributed by atoms with Crippen LogP contribution < -0.4 is 0 Å². The van der Waals surface area contributed by atoms with Gasteiger partial charge >= 0.3 is 6.09 Å². The molecule has 0 radical (unpaired) electrons. The number of hydrogen-bond donors (Lipinski definition) is 0. The Labute approximate surface area is 175 Å². The number of amides is 2. The highest BCUT2D eigenvalue weighted by molar-refractivity contribution is 5.95. The van der Waals surface area contributed by atoms with Crippen LogP contribution in [-0.2, 0) is 33.2 Å². The summed E-state index contributed by atoms with van der Waals surface area (Å²) in [6, 6.07) is 0. The van der Waals surface area contributed by atoms with E-state index in [0.717, 1.165) is 11.3 Å². The van der Waals surface area contributed by atoms with Gasteiger partial charge in [0.05, 0.1) is 6.61 Å². The van der Waals surface area contributed by atoms with E-state index in [4.69, 9.17) is 28.4 Å². The smallest absolute Gasteiger partial charge is 0.419 e. The third-order valence-corrected chi connectivity index (χ3v) is 6.52. The van der Waals surface area contributed by atoms with Gasteiger partial charge in [0.25, 0.3) is 5.79 Å². The van der Waals surface area contributed by atoms with Gasteiger partial charge in [0, 0.05) is 5.92 Å². The number of nitrogens with zero attached hydrogens (tertiary/aromatic N) is 1. The summed E-state index contributed by atoms with van der Waals surface area (Å²) in [5, 5.41) is 0. The van der Waals surface area contributed by atoms with Crippen molar-refractivity contribution >= 4 is 12.0 Å². The van der Waals surface area contributed by atoms with Crippen LogP contribution in [0.3, 0.4) is 0 Å². The van der Waals surface area contributed by atoms with Gasteiger partial charge in [-0.25, -0.2) is 9.69 Å². The van der Waals surface area contributed by atoms with Gasteiger partial charge in [-0.15, -0.1) is 0 Å². The van der Waals surface area contributed by atoms with Crippen molar-refractivity contribution in [3.63, 3.8) is 0 Å². The fourth-order valence-electron chi connectivity index (χ4n) is 5.36. The first-order chi connectivity index (χ1) is 14.0. The molecule has 1 aliphatic carbocycles. The molecule has 0 aromatic heterocycles. The topological polar surface area (TPSA) is 92.8 Å². The zero-order valence-electron chi connectivity index (χ0n) is 18.1. The average Bonchev–Trinajstić information content (AvgIpc) is 3.11. The molecule has 0 saturated carbocycles. The molecule has 9 heteroatoms. The Morgan fingerprint density at radius 1 is 1.13 bits per heavy atom. The molecule has 0 spiro atoms. The van der Waals surface area contributed by atoms with E-state index in [2.05, 4.69) is 0 Å². The van der Waals surface area contributed by atoms with Gasteiger partial charge in [-0.2, -0.15) is 0 Å². The standard InChI is InChI=1S/C21H29NO8/c1-12-6-8-13(9-7-12)16(23)22-17(24)25-11-20-21(22,30-19(4,5)29-20)15-14(10-26-20)27-18(2,3)28-15/h6,13-15H,7-11H2,1-5H3/t13-,14+,15+,20-,21-/m0/s1. The average molecular weight is 423 g/mol. The van der Waals surface area contributed by atoms with Crippen molar-refractivity contribution in [3.05, 3.63) is 11.6 Å². The van der Waals surface area contributed by atoms with E-state index in [9.17, 15) is 9.59 Å². The van der Waals surface area contributed by atoms with Gasteiger partial charge in [0.2, 0.25) is 11.6 Å². The number of allylic oxidation sites excluding steroid dienone is 2. The van der Waals surface area contributed by atoms with E-state index >= 15 is 0 Å². The number of hydrogen-bond acceptors (Lipinski definition) is 8. The van der Waals surface area contributed by atoms with Gasteiger partial charge in [-0.1, -0.05) is 11.6 Å². The van der Waals surface area contributed by atoms with Crippen LogP contribution in [0.2, 0.25) is 0 Å². The second kappa shape index (κ2) is 6.26. The lowest BCUT2D eigenvalue weighted by Gasteiger charge is -2.55. The first-order valence-electron chi connectivity index (χ1n) is 10.6. The summed E-state index contributed by atoms with van der Waals surface area (Å²) >= 11 is 0. The van der Waals surface area contributed by atoms with E-state index in [1.165, 1.54) is 5.57 Å². The summed E-state index contributed by atoms with van der Waals surface area (Å²) in [5.74, 6) is -4.30. The SMILES string of the molecule is CC1=CC[C@H](C(=O)N2C(=O)OC[C@@]34OC[C@H]5OC(C)(C)O[C@H]5[C@@]23OC(C)(C)O4)CC1. The van der Waals surface area contributed by atoms with Crippen LogP contribution in [0.4, 0.5) is 4.79 Å². The van der Waals surface area contributed by atoms with Crippen molar-refractivity contribution < 1.29 is 38.0 Å². The summed E-state index contributed by atoms with van der Waals surface area (Å²) in [6.45, 7) is 9.02. The zero-order chi connectivity index (χ0) is 21.5. The number of imide groups is 1. The highest BCUT2D eigenvalue weighted by Gasteiger charge is 2.81. The van der Waals surface area contributed by atoms with Crippen LogP contribution in [0.15, 0.2) is 11.6 Å². The molecule has 5 aliphatic rings. The van der Waals surface area contributed by atoms with Gasteiger partial charge < -0.3 is 28.4 Å². The lowest BCUT2D eigenvalue weighted by Crippen LogP contribution is -2.80. The second-order valence-electron chi connectivity index (χ2n) is 9.71. The zero-order valence-corrected chi connectivity index (χ0v) is 18.1. The van der Waals surface area contributed by atoms with Crippen LogP contribution in [0.5, 0.6) is 0 Å². The molecule has 4 saturated heterocycles. The highest BCUT2D eigenvalue weighted by Crippen LogP contribution is 2.58. The fourth-order valence-corrected chi connectivity index (χ4v) is 5.36. The monoisotopic (exact) mass is 423 g/mol. The van der Waals surface area contributed by atoms with E-state index in [1.54, 1.807) is 27.7 Å². The number of fused-ring (bicyclic) bond motifs is 1. The van der Waals surface area contributed by atoms with Crippen LogP contribution in [0.25, 0.3) is 0 Å². The Kier molecular flexibility index (Phi) is 4.25. The number of carbonyl (C=O) groups is 2. The lowest BCUT2D eigenvalue weighted by molar-refractivity contribution is -0.357. The molecule has 4 fully saturated rings. The Bertz CT molecular complexity index is 822. The van der Waals surface area contributed by atoms with Crippen molar-refractivity contribution in [1.29, 1.82) is 0 Å². The third-order valence-electron chi connectivity index (χ3n) is 6.52. The van der Waals surface area contributed by atoms with Crippen molar-refractivity contribution in [2.24, 2.45) is 5.92 Å². The number of carbonyl (C=O) groups excluding carboxylic acids is 2. The summed E-state index contributed by atoms with van der Waals surface area (Å²) in [5.41, 5.74) is -0.403. The minimum absolute atomic E-state index is 0.167. The summed E-state index contributed by atoms with van der Waals surface area (Å²) in [7, 11) is 0. The highest BCUT2D eigenvalue weighted by atomic mass is 16.9. The Balaban J connectivity index is 1.62. The summed E-state index contributed by atoms with van der Waals surface area (Å²) < 4.78 is 36.3. The quantitative estimate of drug-likeness (QED) is 0.594. The molecule has 166 valence electrons. The van der Waals surface area contributed by atoms with E-state index < -0.39 is 41.4 Å². The first-order valence-corrected chi connectivity index (χ1v) is 10.6. The molecular formula is C21H29NO8. The minimum Gasteiger partial charge on any atom is -0.443 e. The van der Waals surface area contributed by atoms with E-state index in [-0.39, 0.29) is 25.0 Å². The molecule has 4 aliphatic heterocycles. The molecule has 2 amide bonds. The van der Waals surface area contributed by atoms with E-state index in [1.807, 2.05) is 13.0 Å². The normalized spacial score (nSPS) is 43.9. The molecule has 0 aromatic rings. The molecule has 9 nitrogen and oxygen atoms in total. The van der Waals surface area contributed by atoms with E-state index in [0.29, 0.717) is 12.8 Å². The Hall–Kier alpha value is -1.52. The first kappa shape index (κ1) is 20.4. The predicted molar refractivity (Wildman–Crippen MR) is 101 cm³/mol. The molecule has 0 N–H and O–H groups in total. The van der Waals surface area contributed by atoms with Gasteiger partial charge in [0.15, 0.2) is 18.2 Å². The fraction of sp³-hybridized carbons (Fsp3) is 0.810. The van der Waals surface area contributed by atoms with Crippen molar-refractivity contribution in [3.8, 4) is 0 Å². The van der Waals surface area contributed by atoms with Crippen LogP contribution in [0, 0.1) is 5.92 Å². The molecular weight excluding hydrogens is 394 g/mol. The Morgan fingerprint density at radius 2 is 1.90 bits per heavy atom. The largest absolute Gasteiger partial charge is 0.443 e. The maximum atomic E-state index is 13.7. The minimum atomic E-state index is -1.64. The third kappa shape index (κ3) is 2.72. The van der Waals surface area contributed by atoms with Gasteiger partial charge in [0.1, 0.15) is 12.2 Å². The molecule has 5 rings (SSSR count). The lowest BCUT2D eigenvalue weighted by atomic mass is 9.84. The molecule has 0 unspecified atom stereocenters. The van der Waals surface area contributed by atoms with Gasteiger partial charge in [-0.3, -0.25) is 4.79 Å². The molecule has 4 heterocycles. The maximum absolute atomic E-state index is 13.7. The summed E-state index contributed by atoms with van der Waals surface area (Å²) in [4.78, 5) is 27.9. The Morgan fingerprint density at radius 3 is 2.60 bits per heavy atom. The number of rotatable bonds is 1. The second-order valence-corrected chi connectivity index (χ2v) is 9.71. The van der Waals surface area contributed by atoms with Crippen molar-refractivity contribution in [2.45, 2.75) is 89.2 Å². The van der Waals surface area contributed by atoms with Crippen molar-refractivity contribution in [1.82, 2.24) is 4.90 Å². The number of cyclic esters (lactones) is 1.